The zero-order valence-corrected chi connectivity index (χ0v) is 22.1. The van der Waals surface area contributed by atoms with E-state index in [1.165, 1.54) is 0 Å². The third kappa shape index (κ3) is 5.95. The summed E-state index contributed by atoms with van der Waals surface area (Å²) < 4.78 is 0. The smallest absolute Gasteiger partial charge is 0.320 e. The van der Waals surface area contributed by atoms with Crippen molar-refractivity contribution in [3.05, 3.63) is 68.6 Å². The van der Waals surface area contributed by atoms with Gasteiger partial charge in [0.25, 0.3) is 0 Å². The molecule has 0 aromatic heterocycles. The lowest BCUT2D eigenvalue weighted by atomic mass is 9.89. The van der Waals surface area contributed by atoms with Gasteiger partial charge in [-0.15, -0.1) is 0 Å². The quantitative estimate of drug-likeness (QED) is 0.0969. The molecular formula is C24H18Cl4N6O4. The van der Waals surface area contributed by atoms with E-state index in [0.29, 0.717) is 20.1 Å². The van der Waals surface area contributed by atoms with Crippen molar-refractivity contribution in [1.82, 2.24) is 10.6 Å². The van der Waals surface area contributed by atoms with Gasteiger partial charge in [-0.1, -0.05) is 70.7 Å². The first kappa shape index (κ1) is 28.6. The Kier molecular flexibility index (Phi) is 8.74. The Morgan fingerprint density at radius 3 is 0.789 bits per heavy atom. The summed E-state index contributed by atoms with van der Waals surface area (Å²) in [7, 11) is 0. The van der Waals surface area contributed by atoms with Gasteiger partial charge in [-0.2, -0.15) is 0 Å². The number of nitrogens with one attached hydrogen (secondary N) is 2. The second kappa shape index (κ2) is 11.6. The Bertz CT molecular complexity index is 1500. The van der Waals surface area contributed by atoms with Crippen LogP contribution >= 0.6 is 46.4 Å². The van der Waals surface area contributed by atoms with Crippen LogP contribution in [0.4, 0.5) is 19.2 Å². The van der Waals surface area contributed by atoms with Crippen LogP contribution in [-0.2, 0) is 0 Å². The van der Waals surface area contributed by atoms with Gasteiger partial charge in [-0.25, -0.2) is 19.2 Å². The highest BCUT2D eigenvalue weighted by molar-refractivity contribution is 6.53. The third-order valence-electron chi connectivity index (χ3n) is 5.16. The van der Waals surface area contributed by atoms with Gasteiger partial charge in [0.15, 0.2) is 0 Å². The largest absolute Gasteiger partial charge is 0.351 e. The molecule has 0 aliphatic rings. The van der Waals surface area contributed by atoms with Gasteiger partial charge < -0.3 is 22.9 Å². The van der Waals surface area contributed by atoms with Gasteiger partial charge in [0.1, 0.15) is 0 Å². The number of imide groups is 2. The molecule has 0 unspecified atom stereocenters. The summed E-state index contributed by atoms with van der Waals surface area (Å²) in [5.41, 5.74) is 17.8. The normalized spacial score (nSPS) is 10.4. The first-order chi connectivity index (χ1) is 17.8. The highest BCUT2D eigenvalue weighted by Gasteiger charge is 2.20. The third-order valence-corrected chi connectivity index (χ3v) is 6.42. The lowest BCUT2D eigenvalue weighted by Crippen LogP contribution is -2.38. The van der Waals surface area contributed by atoms with Crippen molar-refractivity contribution in [2.24, 2.45) is 22.9 Å². The molecule has 0 atom stereocenters. The molecule has 0 spiro atoms. The molecule has 5 rings (SSSR count). The molecule has 0 saturated heterocycles. The minimum Gasteiger partial charge on any atom is -0.351 e. The van der Waals surface area contributed by atoms with Crippen LogP contribution in [0, 0.1) is 0 Å². The zero-order valence-electron chi connectivity index (χ0n) is 19.1. The predicted octanol–water partition coefficient (Wildman–Crippen LogP) is 5.82. The Labute approximate surface area is 234 Å². The molecule has 10 N–H and O–H groups in total. The van der Waals surface area contributed by atoms with Crippen molar-refractivity contribution >= 4 is 114 Å². The van der Waals surface area contributed by atoms with Gasteiger partial charge in [0, 0.05) is 52.4 Å². The molecule has 8 amide bonds. The number of urea groups is 4. The first-order valence-corrected chi connectivity index (χ1v) is 11.9. The zero-order chi connectivity index (χ0) is 28.3. The van der Waals surface area contributed by atoms with E-state index in [-0.39, 0.29) is 0 Å². The summed E-state index contributed by atoms with van der Waals surface area (Å²) in [6.45, 7) is 0. The minimum absolute atomic E-state index is 0.658. The summed E-state index contributed by atoms with van der Waals surface area (Å²) in [6, 6.07) is 11.9. The number of primary amides is 4. The van der Waals surface area contributed by atoms with Crippen LogP contribution in [0.5, 0.6) is 0 Å². The number of fused-ring (bicyclic) bond motifs is 2. The topological polar surface area (TPSA) is 196 Å². The number of nitrogens with two attached hydrogens (primary N) is 4. The monoisotopic (exact) mass is 594 g/mol. The first-order valence-electron chi connectivity index (χ1n) is 10.4. The van der Waals surface area contributed by atoms with Crippen LogP contribution in [-0.4, -0.2) is 24.1 Å². The maximum Gasteiger partial charge on any atom is 0.320 e. The van der Waals surface area contributed by atoms with E-state index in [0.717, 1.165) is 43.1 Å². The van der Waals surface area contributed by atoms with E-state index in [4.69, 9.17) is 46.4 Å². The molecule has 0 aliphatic carbocycles. The van der Waals surface area contributed by atoms with Gasteiger partial charge in [0.2, 0.25) is 0 Å². The fraction of sp³-hybridized carbons (Fsp3) is 0. The van der Waals surface area contributed by atoms with Crippen molar-refractivity contribution in [1.29, 1.82) is 0 Å². The molecule has 0 radical (unpaired) electrons. The molecule has 14 heteroatoms. The standard InChI is InChI=1S/C20H8Cl4.2C2H5N3O2/c21-11-5-1-9-2-6-12(22)18-15(9)17(11)19-13(23)7-3-10-4-8-14(24)20(18)16(10)19;2*3-1(6)5-2(4)7/h1-8H;2*(H5,3,4,5,6,7). The fourth-order valence-corrected chi connectivity index (χ4v) is 4.96. The van der Waals surface area contributed by atoms with Crippen LogP contribution in [0.25, 0.3) is 43.1 Å². The van der Waals surface area contributed by atoms with Crippen LogP contribution in [0.15, 0.2) is 48.5 Å². The minimum atomic E-state index is -0.938. The van der Waals surface area contributed by atoms with E-state index in [9.17, 15) is 19.2 Å². The summed E-state index contributed by atoms with van der Waals surface area (Å²) in [5.74, 6) is 0. The average molecular weight is 596 g/mol. The molecule has 38 heavy (non-hydrogen) atoms. The highest BCUT2D eigenvalue weighted by Crippen LogP contribution is 2.48. The SMILES string of the molecule is Clc1ccc2ccc(Cl)c3c4c(Cl)ccc5ccc(Cl)c(c1c23)c54.NC(=O)NC(N)=O.NC(=O)NC(N)=O. The maximum absolute atomic E-state index is 9.62. The van der Waals surface area contributed by atoms with Gasteiger partial charge in [0.05, 0.1) is 0 Å². The van der Waals surface area contributed by atoms with Crippen molar-refractivity contribution in [2.75, 3.05) is 0 Å². The van der Waals surface area contributed by atoms with Crippen molar-refractivity contribution in [3.63, 3.8) is 0 Å². The van der Waals surface area contributed by atoms with Crippen molar-refractivity contribution in [2.45, 2.75) is 0 Å². The highest BCUT2D eigenvalue weighted by atomic mass is 35.5. The molecule has 0 heterocycles. The maximum atomic E-state index is 9.62. The molecule has 0 bridgehead atoms. The lowest BCUT2D eigenvalue weighted by Gasteiger charge is -2.18. The Morgan fingerprint density at radius 1 is 0.421 bits per heavy atom. The van der Waals surface area contributed by atoms with Gasteiger partial charge in [-0.05, 0) is 35.0 Å². The Morgan fingerprint density at radius 2 is 0.632 bits per heavy atom. The second-order valence-corrected chi connectivity index (χ2v) is 9.22. The fourth-order valence-electron chi connectivity index (χ4n) is 3.96. The summed E-state index contributed by atoms with van der Waals surface area (Å²) in [6.07, 6.45) is 0. The number of rotatable bonds is 0. The summed E-state index contributed by atoms with van der Waals surface area (Å²) >= 11 is 26.4. The molecule has 5 aromatic carbocycles. The van der Waals surface area contributed by atoms with E-state index in [1.54, 1.807) is 10.6 Å². The average Bonchev–Trinajstić information content (AvgIpc) is 2.80. The summed E-state index contributed by atoms with van der Waals surface area (Å²) in [5, 5.41) is 13.6. The van der Waals surface area contributed by atoms with Crippen LogP contribution in [0.3, 0.4) is 0 Å². The Hall–Kier alpha value is -3.96. The summed E-state index contributed by atoms with van der Waals surface area (Å²) in [4.78, 5) is 38.5. The number of halogens is 4. The van der Waals surface area contributed by atoms with E-state index in [1.807, 2.05) is 48.5 Å². The van der Waals surface area contributed by atoms with Crippen LogP contribution in [0.1, 0.15) is 0 Å². The van der Waals surface area contributed by atoms with E-state index < -0.39 is 24.1 Å². The number of benzene rings is 5. The molecule has 10 nitrogen and oxygen atoms in total. The van der Waals surface area contributed by atoms with Gasteiger partial charge >= 0.3 is 24.1 Å². The molecule has 5 aromatic rings. The van der Waals surface area contributed by atoms with E-state index in [2.05, 4.69) is 22.9 Å². The van der Waals surface area contributed by atoms with Crippen LogP contribution < -0.4 is 33.6 Å². The Balaban J connectivity index is 0.000000239. The predicted molar refractivity (Wildman–Crippen MR) is 152 cm³/mol. The van der Waals surface area contributed by atoms with Gasteiger partial charge in [-0.3, -0.25) is 10.6 Å². The molecule has 0 aliphatic heterocycles. The molecule has 0 fully saturated rings. The number of hydrogen-bond donors (Lipinski definition) is 6. The number of carbonyl (C=O) groups is 4. The van der Waals surface area contributed by atoms with Crippen molar-refractivity contribution in [3.8, 4) is 0 Å². The number of carbonyl (C=O) groups excluding carboxylic acids is 4. The molecular weight excluding hydrogens is 578 g/mol. The number of hydrogen-bond acceptors (Lipinski definition) is 4. The van der Waals surface area contributed by atoms with E-state index >= 15 is 0 Å². The number of amides is 8. The second-order valence-electron chi connectivity index (χ2n) is 7.59. The van der Waals surface area contributed by atoms with Crippen LogP contribution in [0.2, 0.25) is 20.1 Å². The lowest BCUT2D eigenvalue weighted by molar-refractivity contribution is 0.235. The molecule has 196 valence electrons. The van der Waals surface area contributed by atoms with Crippen molar-refractivity contribution < 1.29 is 19.2 Å². The molecule has 0 saturated carbocycles.